The van der Waals surface area contributed by atoms with Gasteiger partial charge in [0.05, 0.1) is 12.1 Å². The van der Waals surface area contributed by atoms with E-state index in [1.54, 1.807) is 0 Å². The Morgan fingerprint density at radius 3 is 2.74 bits per heavy atom. The second kappa shape index (κ2) is 4.99. The Labute approximate surface area is 111 Å². The molecule has 0 spiro atoms. The van der Waals surface area contributed by atoms with E-state index >= 15 is 0 Å². The maximum atomic E-state index is 12.0. The molecule has 2 atom stereocenters. The lowest BCUT2D eigenvalue weighted by molar-refractivity contribution is -0.117. The van der Waals surface area contributed by atoms with Crippen molar-refractivity contribution in [3.63, 3.8) is 0 Å². The van der Waals surface area contributed by atoms with Gasteiger partial charge in [-0.1, -0.05) is 30.3 Å². The van der Waals surface area contributed by atoms with Gasteiger partial charge < -0.3 is 15.7 Å². The standard InChI is InChI=1S/C15H16N2O2/c18-13-8-14(16-9-13)15(19)17-12-6-5-10-3-1-2-4-11(10)7-12/h1-7,13-14,16,18H,8-9H2,(H,17,19)/t13-,14?/m1/s1. The Morgan fingerprint density at radius 2 is 2.00 bits per heavy atom. The van der Waals surface area contributed by atoms with Gasteiger partial charge in [-0.25, -0.2) is 0 Å². The molecule has 4 nitrogen and oxygen atoms in total. The van der Waals surface area contributed by atoms with Crippen LogP contribution in [0.25, 0.3) is 10.8 Å². The predicted octanol–water partition coefficient (Wildman–Crippen LogP) is 1.50. The Morgan fingerprint density at radius 1 is 1.21 bits per heavy atom. The third kappa shape index (κ3) is 2.59. The van der Waals surface area contributed by atoms with Gasteiger partial charge in [0.25, 0.3) is 0 Å². The first-order chi connectivity index (χ1) is 9.22. The first-order valence-corrected chi connectivity index (χ1v) is 6.43. The van der Waals surface area contributed by atoms with Crippen LogP contribution in [0.5, 0.6) is 0 Å². The molecule has 1 amide bonds. The first kappa shape index (κ1) is 12.1. The van der Waals surface area contributed by atoms with Gasteiger partial charge in [-0.15, -0.1) is 0 Å². The van der Waals surface area contributed by atoms with Crippen LogP contribution in [0.4, 0.5) is 5.69 Å². The van der Waals surface area contributed by atoms with Crippen LogP contribution in [-0.2, 0) is 4.79 Å². The molecule has 4 heteroatoms. The molecule has 0 aromatic heterocycles. The number of fused-ring (bicyclic) bond motifs is 1. The minimum atomic E-state index is -0.424. The quantitative estimate of drug-likeness (QED) is 0.763. The summed E-state index contributed by atoms with van der Waals surface area (Å²) in [5.74, 6) is -0.0909. The molecule has 1 fully saturated rings. The molecule has 1 aliphatic heterocycles. The van der Waals surface area contributed by atoms with Crippen molar-refractivity contribution in [1.29, 1.82) is 0 Å². The molecule has 0 saturated carbocycles. The number of carbonyl (C=O) groups is 1. The van der Waals surface area contributed by atoms with Gasteiger partial charge in [-0.2, -0.15) is 0 Å². The largest absolute Gasteiger partial charge is 0.392 e. The molecule has 3 N–H and O–H groups in total. The molecule has 1 aliphatic rings. The summed E-state index contributed by atoms with van der Waals surface area (Å²) in [5.41, 5.74) is 0.784. The van der Waals surface area contributed by atoms with Gasteiger partial charge >= 0.3 is 0 Å². The summed E-state index contributed by atoms with van der Waals surface area (Å²) >= 11 is 0. The lowest BCUT2D eigenvalue weighted by Crippen LogP contribution is -2.35. The molecule has 2 aromatic carbocycles. The number of benzene rings is 2. The number of β-amino-alcohol motifs (C(OH)–C–C–N with tert-alkyl or cyclic N) is 1. The molecule has 1 heterocycles. The second-order valence-electron chi connectivity index (χ2n) is 4.90. The van der Waals surface area contributed by atoms with Crippen LogP contribution < -0.4 is 10.6 Å². The second-order valence-corrected chi connectivity index (χ2v) is 4.90. The number of hydrogen-bond acceptors (Lipinski definition) is 3. The maximum absolute atomic E-state index is 12.0. The fourth-order valence-electron chi connectivity index (χ4n) is 2.41. The summed E-state index contributed by atoms with van der Waals surface area (Å²) in [5, 5.41) is 17.5. The van der Waals surface area contributed by atoms with Crippen LogP contribution in [0.2, 0.25) is 0 Å². The average Bonchev–Trinajstić information content (AvgIpc) is 2.85. The van der Waals surface area contributed by atoms with Crippen LogP contribution in [-0.4, -0.2) is 29.7 Å². The normalized spacial score (nSPS) is 22.6. The Hall–Kier alpha value is -1.91. The number of rotatable bonds is 2. The van der Waals surface area contributed by atoms with E-state index in [1.807, 2.05) is 42.5 Å². The van der Waals surface area contributed by atoms with E-state index in [0.29, 0.717) is 13.0 Å². The highest BCUT2D eigenvalue weighted by Gasteiger charge is 2.27. The molecule has 0 radical (unpaired) electrons. The molecular weight excluding hydrogens is 240 g/mol. The van der Waals surface area contributed by atoms with E-state index in [1.165, 1.54) is 0 Å². The maximum Gasteiger partial charge on any atom is 0.241 e. The van der Waals surface area contributed by atoms with Gasteiger partial charge in [0.2, 0.25) is 5.91 Å². The van der Waals surface area contributed by atoms with E-state index in [2.05, 4.69) is 10.6 Å². The molecule has 19 heavy (non-hydrogen) atoms. The summed E-state index contributed by atoms with van der Waals surface area (Å²) in [6.45, 7) is 0.482. The van der Waals surface area contributed by atoms with Gasteiger partial charge in [0, 0.05) is 12.2 Å². The van der Waals surface area contributed by atoms with E-state index in [4.69, 9.17) is 0 Å². The van der Waals surface area contributed by atoms with E-state index in [-0.39, 0.29) is 11.9 Å². The average molecular weight is 256 g/mol. The first-order valence-electron chi connectivity index (χ1n) is 6.43. The van der Waals surface area contributed by atoms with Gasteiger partial charge in [-0.3, -0.25) is 4.79 Å². The minimum Gasteiger partial charge on any atom is -0.392 e. The molecule has 98 valence electrons. The Kier molecular flexibility index (Phi) is 3.19. The zero-order valence-corrected chi connectivity index (χ0v) is 10.5. The van der Waals surface area contributed by atoms with Crippen LogP contribution >= 0.6 is 0 Å². The third-order valence-corrected chi connectivity index (χ3v) is 3.44. The van der Waals surface area contributed by atoms with Gasteiger partial charge in [-0.05, 0) is 29.3 Å². The predicted molar refractivity (Wildman–Crippen MR) is 75.0 cm³/mol. The van der Waals surface area contributed by atoms with Crippen LogP contribution in [0.15, 0.2) is 42.5 Å². The lowest BCUT2D eigenvalue weighted by atomic mass is 10.1. The van der Waals surface area contributed by atoms with E-state index < -0.39 is 6.10 Å². The monoisotopic (exact) mass is 256 g/mol. The van der Waals surface area contributed by atoms with Crippen molar-refractivity contribution in [3.05, 3.63) is 42.5 Å². The topological polar surface area (TPSA) is 61.4 Å². The van der Waals surface area contributed by atoms with E-state index in [0.717, 1.165) is 16.5 Å². The van der Waals surface area contributed by atoms with Crippen molar-refractivity contribution in [2.75, 3.05) is 11.9 Å². The van der Waals surface area contributed by atoms with Gasteiger partial charge in [0.1, 0.15) is 0 Å². The summed E-state index contributed by atoms with van der Waals surface area (Å²) in [7, 11) is 0. The van der Waals surface area contributed by atoms with Crippen molar-refractivity contribution < 1.29 is 9.90 Å². The highest BCUT2D eigenvalue weighted by Crippen LogP contribution is 2.19. The zero-order valence-electron chi connectivity index (χ0n) is 10.5. The van der Waals surface area contributed by atoms with Crippen LogP contribution in [0.3, 0.4) is 0 Å². The zero-order chi connectivity index (χ0) is 13.2. The fraction of sp³-hybridized carbons (Fsp3) is 0.267. The van der Waals surface area contributed by atoms with Gasteiger partial charge in [0.15, 0.2) is 0 Å². The summed E-state index contributed by atoms with van der Waals surface area (Å²) in [4.78, 5) is 12.0. The molecule has 0 bridgehead atoms. The van der Waals surface area contributed by atoms with Crippen molar-refractivity contribution in [3.8, 4) is 0 Å². The van der Waals surface area contributed by atoms with Crippen molar-refractivity contribution in [1.82, 2.24) is 5.32 Å². The highest BCUT2D eigenvalue weighted by atomic mass is 16.3. The Balaban J connectivity index is 1.76. The van der Waals surface area contributed by atoms with E-state index in [9.17, 15) is 9.90 Å². The molecule has 1 saturated heterocycles. The summed E-state index contributed by atoms with van der Waals surface area (Å²) in [6.07, 6.45) is 0.0479. The number of amides is 1. The van der Waals surface area contributed by atoms with Crippen LogP contribution in [0, 0.1) is 0 Å². The van der Waals surface area contributed by atoms with Crippen molar-refractivity contribution in [2.45, 2.75) is 18.6 Å². The fourth-order valence-corrected chi connectivity index (χ4v) is 2.41. The number of carbonyl (C=O) groups excluding carboxylic acids is 1. The number of nitrogens with one attached hydrogen (secondary N) is 2. The smallest absolute Gasteiger partial charge is 0.241 e. The lowest BCUT2D eigenvalue weighted by Gasteiger charge is -2.11. The number of anilines is 1. The number of aliphatic hydroxyl groups is 1. The summed E-state index contributed by atoms with van der Waals surface area (Å²) < 4.78 is 0. The minimum absolute atomic E-state index is 0.0909. The summed E-state index contributed by atoms with van der Waals surface area (Å²) in [6, 6.07) is 13.6. The van der Waals surface area contributed by atoms with Crippen LogP contribution in [0.1, 0.15) is 6.42 Å². The molecule has 1 unspecified atom stereocenters. The molecule has 2 aromatic rings. The molecular formula is C15H16N2O2. The van der Waals surface area contributed by atoms with Crippen molar-refractivity contribution in [2.24, 2.45) is 0 Å². The third-order valence-electron chi connectivity index (χ3n) is 3.44. The van der Waals surface area contributed by atoms with Crippen molar-refractivity contribution >= 4 is 22.4 Å². The SMILES string of the molecule is O=C(Nc1ccc2ccccc2c1)C1C[C@@H](O)CN1. The molecule has 3 rings (SSSR count). The molecule has 0 aliphatic carbocycles. The Bertz CT molecular complexity index is 612. The number of aliphatic hydroxyl groups excluding tert-OH is 1. The highest BCUT2D eigenvalue weighted by molar-refractivity contribution is 5.97. The number of hydrogen-bond donors (Lipinski definition) is 3.